The Morgan fingerprint density at radius 1 is 0.957 bits per heavy atom. The van der Waals surface area contributed by atoms with Crippen LogP contribution in [0.4, 0.5) is 10.5 Å². The largest absolute Gasteiger partial charge is 0.479 e. The van der Waals surface area contributed by atoms with Crippen molar-refractivity contribution in [3.05, 3.63) is 66.2 Å². The molecule has 0 fully saturated rings. The van der Waals surface area contributed by atoms with Crippen molar-refractivity contribution >= 4 is 23.6 Å². The minimum absolute atomic E-state index is 0.370. The van der Waals surface area contributed by atoms with E-state index >= 15 is 0 Å². The fourth-order valence-electron chi connectivity index (χ4n) is 2.14. The Labute approximate surface area is 133 Å². The summed E-state index contributed by atoms with van der Waals surface area (Å²) in [5, 5.41) is 11.7. The number of amides is 3. The van der Waals surface area contributed by atoms with Crippen LogP contribution in [0.25, 0.3) is 0 Å². The average Bonchev–Trinajstić information content (AvgIpc) is 2.54. The fraction of sp³-hybridized carbons (Fsp3) is 0.118. The van der Waals surface area contributed by atoms with Gasteiger partial charge in [-0.15, -0.1) is 0 Å². The number of urea groups is 1. The first-order valence-corrected chi connectivity index (χ1v) is 6.94. The van der Waals surface area contributed by atoms with Gasteiger partial charge in [0.1, 0.15) is 0 Å². The van der Waals surface area contributed by atoms with Crippen molar-refractivity contribution in [1.29, 1.82) is 0 Å². The number of benzene rings is 2. The normalized spacial score (nSPS) is 11.3. The van der Waals surface area contributed by atoms with Gasteiger partial charge >= 0.3 is 12.0 Å². The fourth-order valence-corrected chi connectivity index (χ4v) is 2.14. The number of imide groups is 1. The molecule has 0 aliphatic carbocycles. The van der Waals surface area contributed by atoms with Gasteiger partial charge in [0.25, 0.3) is 0 Å². The van der Waals surface area contributed by atoms with Crippen LogP contribution in [0.2, 0.25) is 0 Å². The van der Waals surface area contributed by atoms with Crippen LogP contribution in [-0.2, 0) is 9.59 Å². The molecule has 0 radical (unpaired) electrons. The highest BCUT2D eigenvalue weighted by Crippen LogP contribution is 2.17. The van der Waals surface area contributed by atoms with Gasteiger partial charge in [-0.2, -0.15) is 0 Å². The summed E-state index contributed by atoms with van der Waals surface area (Å²) >= 11 is 0. The number of aliphatic carboxylic acids is 1. The first kappa shape index (κ1) is 16.2. The Kier molecular flexibility index (Phi) is 5.09. The quantitative estimate of drug-likeness (QED) is 0.908. The molecule has 1 atom stereocenters. The molecule has 0 aliphatic rings. The first-order valence-electron chi connectivity index (χ1n) is 6.94. The van der Waals surface area contributed by atoms with E-state index in [1.54, 1.807) is 60.7 Å². The van der Waals surface area contributed by atoms with Crippen LogP contribution in [0.1, 0.15) is 18.5 Å². The number of hydrogen-bond donors (Lipinski definition) is 2. The maximum absolute atomic E-state index is 12.4. The summed E-state index contributed by atoms with van der Waals surface area (Å²) in [5.41, 5.74) is 0.791. The molecular weight excluding hydrogens is 296 g/mol. The SMILES string of the molecule is CC(=O)N(C(=O)NC(C(=O)O)c1ccccc1)c1ccccc1. The molecule has 0 aliphatic heterocycles. The molecule has 23 heavy (non-hydrogen) atoms. The van der Waals surface area contributed by atoms with Crippen LogP contribution in [0.3, 0.4) is 0 Å². The standard InChI is InChI=1S/C17H16N2O4/c1-12(20)19(14-10-6-3-7-11-14)17(23)18-15(16(21)22)13-8-4-2-5-9-13/h2-11,15H,1H3,(H,18,23)(H,21,22). The molecule has 6 heteroatoms. The van der Waals surface area contributed by atoms with Crippen molar-refractivity contribution in [1.82, 2.24) is 5.32 Å². The lowest BCUT2D eigenvalue weighted by Gasteiger charge is -2.22. The molecule has 6 nitrogen and oxygen atoms in total. The molecule has 0 bridgehead atoms. The van der Waals surface area contributed by atoms with Gasteiger partial charge in [0.2, 0.25) is 5.91 Å². The highest BCUT2D eigenvalue weighted by Gasteiger charge is 2.27. The second kappa shape index (κ2) is 7.22. The van der Waals surface area contributed by atoms with Gasteiger partial charge in [-0.3, -0.25) is 4.79 Å². The van der Waals surface area contributed by atoms with Crippen molar-refractivity contribution in [2.75, 3.05) is 4.90 Å². The van der Waals surface area contributed by atoms with Crippen LogP contribution in [0, 0.1) is 0 Å². The number of hydrogen-bond acceptors (Lipinski definition) is 3. The minimum Gasteiger partial charge on any atom is -0.479 e. The van der Waals surface area contributed by atoms with Gasteiger partial charge in [-0.25, -0.2) is 14.5 Å². The summed E-state index contributed by atoms with van der Waals surface area (Å²) in [4.78, 5) is 36.5. The van der Waals surface area contributed by atoms with Crippen molar-refractivity contribution in [2.45, 2.75) is 13.0 Å². The topological polar surface area (TPSA) is 86.7 Å². The predicted molar refractivity (Wildman–Crippen MR) is 85.0 cm³/mol. The van der Waals surface area contributed by atoms with E-state index in [1.807, 2.05) is 0 Å². The van der Waals surface area contributed by atoms with Crippen LogP contribution in [0.5, 0.6) is 0 Å². The van der Waals surface area contributed by atoms with E-state index in [9.17, 15) is 19.5 Å². The molecule has 0 saturated carbocycles. The number of anilines is 1. The predicted octanol–water partition coefficient (Wildman–Crippen LogP) is 2.58. The number of rotatable bonds is 4. The molecule has 0 heterocycles. The number of carbonyl (C=O) groups excluding carboxylic acids is 2. The summed E-state index contributed by atoms with van der Waals surface area (Å²) in [6.07, 6.45) is 0. The zero-order valence-corrected chi connectivity index (χ0v) is 12.5. The van der Waals surface area contributed by atoms with E-state index in [4.69, 9.17) is 0 Å². The van der Waals surface area contributed by atoms with E-state index in [0.717, 1.165) is 4.90 Å². The Morgan fingerprint density at radius 2 is 1.48 bits per heavy atom. The molecule has 1 unspecified atom stereocenters. The average molecular weight is 312 g/mol. The van der Waals surface area contributed by atoms with Crippen LogP contribution in [0.15, 0.2) is 60.7 Å². The van der Waals surface area contributed by atoms with E-state index < -0.39 is 23.9 Å². The second-order valence-electron chi connectivity index (χ2n) is 4.82. The molecule has 0 spiro atoms. The zero-order chi connectivity index (χ0) is 16.8. The number of carboxylic acids is 1. The lowest BCUT2D eigenvalue weighted by atomic mass is 10.1. The van der Waals surface area contributed by atoms with Gasteiger partial charge in [-0.05, 0) is 17.7 Å². The van der Waals surface area contributed by atoms with Crippen LogP contribution < -0.4 is 10.2 Å². The third-order valence-electron chi connectivity index (χ3n) is 3.18. The van der Waals surface area contributed by atoms with Crippen molar-refractivity contribution < 1.29 is 19.5 Å². The minimum atomic E-state index is -1.24. The highest BCUT2D eigenvalue weighted by atomic mass is 16.4. The number of carbonyl (C=O) groups is 3. The van der Waals surface area contributed by atoms with E-state index in [1.165, 1.54) is 6.92 Å². The molecule has 118 valence electrons. The zero-order valence-electron chi connectivity index (χ0n) is 12.5. The monoisotopic (exact) mass is 312 g/mol. The molecular formula is C17H16N2O4. The Morgan fingerprint density at radius 3 is 1.96 bits per heavy atom. The third-order valence-corrected chi connectivity index (χ3v) is 3.18. The second-order valence-corrected chi connectivity index (χ2v) is 4.82. The maximum atomic E-state index is 12.4. The van der Waals surface area contributed by atoms with Crippen molar-refractivity contribution in [3.63, 3.8) is 0 Å². The first-order chi connectivity index (χ1) is 11.0. The summed E-state index contributed by atoms with van der Waals surface area (Å²) in [5.74, 6) is -1.72. The number of nitrogens with one attached hydrogen (secondary N) is 1. The van der Waals surface area contributed by atoms with Crippen molar-refractivity contribution in [3.8, 4) is 0 Å². The molecule has 0 saturated heterocycles. The van der Waals surface area contributed by atoms with E-state index in [0.29, 0.717) is 11.3 Å². The molecule has 0 aromatic heterocycles. The maximum Gasteiger partial charge on any atom is 0.330 e. The molecule has 2 N–H and O–H groups in total. The summed E-state index contributed by atoms with van der Waals surface area (Å²) in [6, 6.07) is 14.6. The highest BCUT2D eigenvalue weighted by molar-refractivity contribution is 6.13. The smallest absolute Gasteiger partial charge is 0.330 e. The van der Waals surface area contributed by atoms with E-state index in [2.05, 4.69) is 5.32 Å². The molecule has 2 rings (SSSR count). The lowest BCUT2D eigenvalue weighted by Crippen LogP contribution is -2.46. The summed E-state index contributed by atoms with van der Waals surface area (Å²) in [7, 11) is 0. The molecule has 2 aromatic carbocycles. The number of carboxylic acid groups (broad SMARTS) is 1. The van der Waals surface area contributed by atoms with Gasteiger partial charge in [-0.1, -0.05) is 48.5 Å². The Hall–Kier alpha value is -3.15. The lowest BCUT2D eigenvalue weighted by molar-refractivity contribution is -0.139. The van der Waals surface area contributed by atoms with E-state index in [-0.39, 0.29) is 0 Å². The summed E-state index contributed by atoms with van der Waals surface area (Å²) in [6.45, 7) is 1.24. The van der Waals surface area contributed by atoms with Gasteiger partial charge in [0, 0.05) is 6.92 Å². The van der Waals surface area contributed by atoms with Gasteiger partial charge in [0.15, 0.2) is 6.04 Å². The van der Waals surface area contributed by atoms with Crippen molar-refractivity contribution in [2.24, 2.45) is 0 Å². The van der Waals surface area contributed by atoms with Gasteiger partial charge < -0.3 is 10.4 Å². The Bertz CT molecular complexity index is 701. The van der Waals surface area contributed by atoms with Gasteiger partial charge in [0.05, 0.1) is 5.69 Å². The molecule has 3 amide bonds. The van der Waals surface area contributed by atoms with Crippen LogP contribution >= 0.6 is 0 Å². The van der Waals surface area contributed by atoms with Crippen LogP contribution in [-0.4, -0.2) is 23.0 Å². The summed E-state index contributed by atoms with van der Waals surface area (Å²) < 4.78 is 0. The number of para-hydroxylation sites is 1. The third kappa shape index (κ3) is 3.94. The molecule has 2 aromatic rings. The Balaban J connectivity index is 2.27. The number of nitrogens with zero attached hydrogens (tertiary/aromatic N) is 1.